The van der Waals surface area contributed by atoms with E-state index in [-0.39, 0.29) is 11.6 Å². The van der Waals surface area contributed by atoms with Gasteiger partial charge in [-0.3, -0.25) is 4.79 Å². The predicted octanol–water partition coefficient (Wildman–Crippen LogP) is 0.997. The van der Waals surface area contributed by atoms with Crippen LogP contribution in [-0.4, -0.2) is 29.7 Å². The lowest BCUT2D eigenvalue weighted by Gasteiger charge is -2.16. The summed E-state index contributed by atoms with van der Waals surface area (Å²) in [5, 5.41) is 3.07. The summed E-state index contributed by atoms with van der Waals surface area (Å²) in [6, 6.07) is 0.135. The number of aromatic amines is 1. The van der Waals surface area contributed by atoms with Gasteiger partial charge in [0, 0.05) is 19.5 Å². The van der Waals surface area contributed by atoms with Gasteiger partial charge >= 0.3 is 0 Å². The zero-order valence-electron chi connectivity index (χ0n) is 9.12. The SMILES string of the molecule is CCCC(COC)Nc1ncc[nH]c1=O. The largest absolute Gasteiger partial charge is 0.383 e. The third-order valence-corrected chi connectivity index (χ3v) is 2.05. The van der Waals surface area contributed by atoms with Crippen LogP contribution in [0, 0.1) is 0 Å². The van der Waals surface area contributed by atoms with Crippen molar-refractivity contribution in [1.29, 1.82) is 0 Å². The Hall–Kier alpha value is -1.36. The highest BCUT2D eigenvalue weighted by atomic mass is 16.5. The van der Waals surface area contributed by atoms with Crippen LogP contribution in [0.25, 0.3) is 0 Å². The van der Waals surface area contributed by atoms with Crippen molar-refractivity contribution in [2.75, 3.05) is 19.0 Å². The van der Waals surface area contributed by atoms with Gasteiger partial charge in [-0.15, -0.1) is 0 Å². The van der Waals surface area contributed by atoms with Crippen molar-refractivity contribution in [3.05, 3.63) is 22.7 Å². The number of hydrogen-bond acceptors (Lipinski definition) is 4. The van der Waals surface area contributed by atoms with Gasteiger partial charge in [-0.2, -0.15) is 0 Å². The van der Waals surface area contributed by atoms with E-state index in [0.29, 0.717) is 12.4 Å². The molecule has 0 fully saturated rings. The van der Waals surface area contributed by atoms with E-state index in [0.717, 1.165) is 12.8 Å². The maximum atomic E-state index is 11.3. The fraction of sp³-hybridized carbons (Fsp3) is 0.600. The van der Waals surface area contributed by atoms with Gasteiger partial charge in [0.1, 0.15) is 0 Å². The highest BCUT2D eigenvalue weighted by Gasteiger charge is 2.09. The lowest BCUT2D eigenvalue weighted by molar-refractivity contribution is 0.182. The van der Waals surface area contributed by atoms with Crippen LogP contribution in [0.5, 0.6) is 0 Å². The van der Waals surface area contributed by atoms with Gasteiger partial charge < -0.3 is 15.0 Å². The zero-order valence-corrected chi connectivity index (χ0v) is 9.12. The molecule has 0 saturated heterocycles. The molecule has 5 heteroatoms. The van der Waals surface area contributed by atoms with Crippen LogP contribution >= 0.6 is 0 Å². The standard InChI is InChI=1S/C10H17N3O2/c1-3-4-8(7-15-2)13-9-10(14)12-6-5-11-9/h5-6,8H,3-4,7H2,1-2H3,(H,11,13)(H,12,14). The molecule has 0 bridgehead atoms. The summed E-state index contributed by atoms with van der Waals surface area (Å²) in [5.74, 6) is 0.355. The van der Waals surface area contributed by atoms with Crippen molar-refractivity contribution in [1.82, 2.24) is 9.97 Å². The first-order valence-electron chi connectivity index (χ1n) is 5.07. The minimum atomic E-state index is -0.199. The van der Waals surface area contributed by atoms with Crippen molar-refractivity contribution >= 4 is 5.82 Å². The Morgan fingerprint density at radius 1 is 1.67 bits per heavy atom. The number of aromatic nitrogens is 2. The molecule has 2 N–H and O–H groups in total. The first-order chi connectivity index (χ1) is 7.27. The molecule has 84 valence electrons. The fourth-order valence-corrected chi connectivity index (χ4v) is 1.39. The summed E-state index contributed by atoms with van der Waals surface area (Å²) in [6.45, 7) is 2.66. The molecule has 0 aliphatic rings. The van der Waals surface area contributed by atoms with Gasteiger partial charge in [0.2, 0.25) is 0 Å². The van der Waals surface area contributed by atoms with E-state index in [9.17, 15) is 4.79 Å². The summed E-state index contributed by atoms with van der Waals surface area (Å²) in [4.78, 5) is 17.9. The number of anilines is 1. The van der Waals surface area contributed by atoms with E-state index in [1.165, 1.54) is 6.20 Å². The number of ether oxygens (including phenoxy) is 1. The minimum absolute atomic E-state index is 0.135. The molecule has 0 amide bonds. The van der Waals surface area contributed by atoms with E-state index in [4.69, 9.17) is 4.74 Å². The van der Waals surface area contributed by atoms with Crippen molar-refractivity contribution < 1.29 is 4.74 Å². The fourth-order valence-electron chi connectivity index (χ4n) is 1.39. The highest BCUT2D eigenvalue weighted by molar-refractivity contribution is 5.31. The lowest BCUT2D eigenvalue weighted by Crippen LogP contribution is -2.29. The van der Waals surface area contributed by atoms with E-state index in [2.05, 4.69) is 22.2 Å². The Morgan fingerprint density at radius 2 is 2.47 bits per heavy atom. The molecular formula is C10H17N3O2. The van der Waals surface area contributed by atoms with Crippen molar-refractivity contribution in [2.45, 2.75) is 25.8 Å². The van der Waals surface area contributed by atoms with Gasteiger partial charge in [0.25, 0.3) is 5.56 Å². The van der Waals surface area contributed by atoms with Crippen molar-refractivity contribution in [3.63, 3.8) is 0 Å². The summed E-state index contributed by atoms with van der Waals surface area (Å²) in [7, 11) is 1.65. The molecule has 0 radical (unpaired) electrons. The third kappa shape index (κ3) is 3.71. The average Bonchev–Trinajstić information content (AvgIpc) is 2.22. The Labute approximate surface area is 88.9 Å². The Kier molecular flexibility index (Phi) is 4.83. The molecule has 15 heavy (non-hydrogen) atoms. The van der Waals surface area contributed by atoms with Gasteiger partial charge in [0.15, 0.2) is 5.82 Å². The molecule has 1 aromatic rings. The van der Waals surface area contributed by atoms with Crippen LogP contribution in [0.1, 0.15) is 19.8 Å². The number of nitrogens with one attached hydrogen (secondary N) is 2. The maximum Gasteiger partial charge on any atom is 0.290 e. The van der Waals surface area contributed by atoms with Crippen molar-refractivity contribution in [2.24, 2.45) is 0 Å². The molecular weight excluding hydrogens is 194 g/mol. The van der Waals surface area contributed by atoms with E-state index in [1.54, 1.807) is 13.3 Å². The maximum absolute atomic E-state index is 11.3. The van der Waals surface area contributed by atoms with Crippen LogP contribution in [-0.2, 0) is 4.74 Å². The van der Waals surface area contributed by atoms with E-state index in [1.807, 2.05) is 0 Å². The molecule has 1 heterocycles. The zero-order chi connectivity index (χ0) is 11.1. The highest BCUT2D eigenvalue weighted by Crippen LogP contribution is 2.03. The third-order valence-electron chi connectivity index (χ3n) is 2.05. The minimum Gasteiger partial charge on any atom is -0.383 e. The predicted molar refractivity (Wildman–Crippen MR) is 59.1 cm³/mol. The molecule has 1 atom stereocenters. The summed E-state index contributed by atoms with van der Waals surface area (Å²) < 4.78 is 5.07. The molecule has 0 saturated carbocycles. The Morgan fingerprint density at radius 3 is 3.07 bits per heavy atom. The van der Waals surface area contributed by atoms with Crippen LogP contribution in [0.15, 0.2) is 17.2 Å². The van der Waals surface area contributed by atoms with Crippen LogP contribution in [0.4, 0.5) is 5.82 Å². The molecule has 5 nitrogen and oxygen atoms in total. The number of H-pyrrole nitrogens is 1. The smallest absolute Gasteiger partial charge is 0.290 e. The Balaban J connectivity index is 2.65. The topological polar surface area (TPSA) is 67.0 Å². The molecule has 1 unspecified atom stereocenters. The quantitative estimate of drug-likeness (QED) is 0.736. The molecule has 0 aliphatic heterocycles. The monoisotopic (exact) mass is 211 g/mol. The molecule has 0 aromatic carbocycles. The van der Waals surface area contributed by atoms with Crippen LogP contribution < -0.4 is 10.9 Å². The van der Waals surface area contributed by atoms with Gasteiger partial charge in [-0.1, -0.05) is 13.3 Å². The summed E-state index contributed by atoms with van der Waals surface area (Å²) >= 11 is 0. The number of methoxy groups -OCH3 is 1. The normalized spacial score (nSPS) is 12.4. The lowest BCUT2D eigenvalue weighted by atomic mass is 10.2. The van der Waals surface area contributed by atoms with Crippen molar-refractivity contribution in [3.8, 4) is 0 Å². The summed E-state index contributed by atoms with van der Waals surface area (Å²) in [5.41, 5.74) is -0.199. The number of hydrogen-bond donors (Lipinski definition) is 2. The first-order valence-corrected chi connectivity index (χ1v) is 5.07. The average molecular weight is 211 g/mol. The molecule has 0 spiro atoms. The molecule has 1 rings (SSSR count). The molecule has 0 aliphatic carbocycles. The van der Waals surface area contributed by atoms with E-state index >= 15 is 0 Å². The number of nitrogens with zero attached hydrogens (tertiary/aromatic N) is 1. The van der Waals surface area contributed by atoms with Gasteiger partial charge in [-0.25, -0.2) is 4.98 Å². The molecule has 1 aromatic heterocycles. The van der Waals surface area contributed by atoms with Gasteiger partial charge in [-0.05, 0) is 6.42 Å². The summed E-state index contributed by atoms with van der Waals surface area (Å²) in [6.07, 6.45) is 5.05. The second-order valence-corrected chi connectivity index (χ2v) is 3.35. The Bertz CT molecular complexity index is 331. The second-order valence-electron chi connectivity index (χ2n) is 3.35. The van der Waals surface area contributed by atoms with E-state index < -0.39 is 0 Å². The number of rotatable bonds is 6. The first kappa shape index (κ1) is 11.7. The second kappa shape index (κ2) is 6.19. The van der Waals surface area contributed by atoms with Gasteiger partial charge in [0.05, 0.1) is 12.6 Å². The van der Waals surface area contributed by atoms with Crippen LogP contribution in [0.3, 0.4) is 0 Å². The van der Waals surface area contributed by atoms with Crippen LogP contribution in [0.2, 0.25) is 0 Å².